The Morgan fingerprint density at radius 1 is 0.875 bits per heavy atom. The summed E-state index contributed by atoms with van der Waals surface area (Å²) in [6.07, 6.45) is -6.93. The van der Waals surface area contributed by atoms with Gasteiger partial charge in [0, 0.05) is 24.7 Å². The van der Waals surface area contributed by atoms with E-state index < -0.39 is 35.4 Å². The topological polar surface area (TPSA) is 40.5 Å². The van der Waals surface area contributed by atoms with Gasteiger partial charge in [0.05, 0.1) is 17.0 Å². The van der Waals surface area contributed by atoms with Crippen molar-refractivity contribution >= 4 is 11.7 Å². The maximum absolute atomic E-state index is 13.1. The van der Waals surface area contributed by atoms with Crippen LogP contribution >= 0.6 is 0 Å². The number of aliphatic carboxylic acids is 1. The minimum absolute atomic E-state index is 0.0438. The van der Waals surface area contributed by atoms with Crippen molar-refractivity contribution in [3.63, 3.8) is 0 Å². The zero-order valence-electron chi connectivity index (χ0n) is 22.2. The second-order valence-electron chi connectivity index (χ2n) is 10.8. The molecule has 0 aliphatic carbocycles. The second-order valence-corrected chi connectivity index (χ2v) is 10.8. The highest BCUT2D eigenvalue weighted by Gasteiger charge is 2.32. The maximum atomic E-state index is 13.1. The Hall–Kier alpha value is -3.49. The molecule has 2 atom stereocenters. The number of carboxylic acid groups (broad SMARTS) is 1. The molecule has 3 aromatic rings. The molecule has 3 nitrogen and oxygen atoms in total. The molecule has 9 heteroatoms. The zero-order valence-corrected chi connectivity index (χ0v) is 22.2. The predicted molar refractivity (Wildman–Crippen MR) is 142 cm³/mol. The lowest BCUT2D eigenvalue weighted by atomic mass is 9.83. The fraction of sp³-hybridized carbons (Fsp3) is 0.387. The first-order chi connectivity index (χ1) is 18.7. The summed E-state index contributed by atoms with van der Waals surface area (Å²) in [6.45, 7) is 5.04. The summed E-state index contributed by atoms with van der Waals surface area (Å²) in [5.74, 6) is -1.70. The molecule has 1 saturated heterocycles. The summed E-state index contributed by atoms with van der Waals surface area (Å²) in [4.78, 5) is 14.3. The van der Waals surface area contributed by atoms with Crippen LogP contribution in [0, 0.1) is 5.92 Å². The third-order valence-electron chi connectivity index (χ3n) is 7.38. The van der Waals surface area contributed by atoms with Crippen LogP contribution < -0.4 is 4.90 Å². The number of hydrogen-bond acceptors (Lipinski definition) is 2. The van der Waals surface area contributed by atoms with Gasteiger partial charge >= 0.3 is 18.3 Å². The Labute approximate surface area is 229 Å². The number of nitrogens with zero attached hydrogens (tertiary/aromatic N) is 1. The Kier molecular flexibility index (Phi) is 8.52. The molecule has 3 aromatic carbocycles. The Morgan fingerprint density at radius 3 is 1.98 bits per heavy atom. The quantitative estimate of drug-likeness (QED) is 0.292. The molecule has 40 heavy (non-hydrogen) atoms. The van der Waals surface area contributed by atoms with E-state index in [4.69, 9.17) is 0 Å². The van der Waals surface area contributed by atoms with Gasteiger partial charge in [0.15, 0.2) is 0 Å². The van der Waals surface area contributed by atoms with Gasteiger partial charge in [-0.05, 0) is 83.8 Å². The predicted octanol–water partition coefficient (Wildman–Crippen LogP) is 8.99. The van der Waals surface area contributed by atoms with Gasteiger partial charge < -0.3 is 10.0 Å². The molecule has 0 saturated carbocycles. The first-order valence-corrected chi connectivity index (χ1v) is 13.2. The second kappa shape index (κ2) is 11.6. The molecule has 214 valence electrons. The molecule has 0 amide bonds. The van der Waals surface area contributed by atoms with Crippen LogP contribution in [0.1, 0.15) is 67.2 Å². The highest BCUT2D eigenvalue weighted by molar-refractivity contribution is 5.78. The van der Waals surface area contributed by atoms with Gasteiger partial charge in [-0.2, -0.15) is 26.3 Å². The number of piperidine rings is 1. The van der Waals surface area contributed by atoms with Crippen molar-refractivity contribution in [3.05, 3.63) is 89.0 Å². The number of alkyl halides is 6. The molecular formula is C31H31F6NO2. The number of anilines is 1. The number of rotatable bonds is 7. The van der Waals surface area contributed by atoms with Gasteiger partial charge in [-0.1, -0.05) is 44.2 Å². The van der Waals surface area contributed by atoms with Gasteiger partial charge in [0.25, 0.3) is 0 Å². The summed E-state index contributed by atoms with van der Waals surface area (Å²) in [7, 11) is 0. The van der Waals surface area contributed by atoms with E-state index >= 15 is 0 Å². The number of hydrogen-bond donors (Lipinski definition) is 1. The first-order valence-electron chi connectivity index (χ1n) is 13.2. The van der Waals surface area contributed by atoms with Crippen molar-refractivity contribution in [2.75, 3.05) is 18.0 Å². The minimum Gasteiger partial charge on any atom is -0.481 e. The highest BCUT2D eigenvalue weighted by atomic mass is 19.4. The molecular weight excluding hydrogens is 532 g/mol. The van der Waals surface area contributed by atoms with Crippen molar-refractivity contribution in [3.8, 4) is 11.1 Å². The van der Waals surface area contributed by atoms with Crippen molar-refractivity contribution in [1.29, 1.82) is 0 Å². The van der Waals surface area contributed by atoms with E-state index in [0.29, 0.717) is 41.9 Å². The summed E-state index contributed by atoms with van der Waals surface area (Å²) in [6, 6.07) is 15.3. The number of carboxylic acids is 1. The molecule has 0 bridgehead atoms. The van der Waals surface area contributed by atoms with Crippen LogP contribution in [-0.2, 0) is 17.1 Å². The molecule has 0 aromatic heterocycles. The van der Waals surface area contributed by atoms with Gasteiger partial charge in [-0.15, -0.1) is 0 Å². The van der Waals surface area contributed by atoms with Gasteiger partial charge in [-0.25, -0.2) is 0 Å². The minimum atomic E-state index is -4.47. The third kappa shape index (κ3) is 6.98. The van der Waals surface area contributed by atoms with Crippen LogP contribution in [0.25, 0.3) is 11.1 Å². The SMILES string of the molecule is CC(C)CC(C(=O)O)c1cc(-c2ccc(C(F)(F)F)cc2)cc(C2CCCN(c3ccc(C(F)(F)F)cc3)C2)c1. The van der Waals surface area contributed by atoms with E-state index in [9.17, 15) is 36.2 Å². The molecule has 2 unspecified atom stereocenters. The Morgan fingerprint density at radius 2 is 1.45 bits per heavy atom. The zero-order chi connectivity index (χ0) is 29.2. The molecule has 1 N–H and O–H groups in total. The molecule has 1 aliphatic rings. The Balaban J connectivity index is 1.71. The fourth-order valence-electron chi connectivity index (χ4n) is 5.33. The van der Waals surface area contributed by atoms with E-state index in [2.05, 4.69) is 0 Å². The van der Waals surface area contributed by atoms with Crippen molar-refractivity contribution in [1.82, 2.24) is 0 Å². The summed E-state index contributed by atoms with van der Waals surface area (Å²) in [5, 5.41) is 10.0. The average molecular weight is 564 g/mol. The standard InChI is InChI=1S/C31H31F6NO2/c1-19(2)14-28(29(39)40)24-16-22(20-5-7-25(8-6-20)30(32,33)34)15-23(17-24)21-4-3-13-38(18-21)27-11-9-26(10-12-27)31(35,36)37/h5-12,15-17,19,21,28H,3-4,13-14,18H2,1-2H3,(H,39,40). The van der Waals surface area contributed by atoms with Crippen molar-refractivity contribution in [2.24, 2.45) is 5.92 Å². The number of carbonyl (C=O) groups is 1. The Bertz CT molecular complexity index is 1310. The molecule has 1 heterocycles. The van der Waals surface area contributed by atoms with Gasteiger partial charge in [-0.3, -0.25) is 4.79 Å². The summed E-state index contributed by atoms with van der Waals surface area (Å²) in [5.41, 5.74) is 1.79. The van der Waals surface area contributed by atoms with Crippen LogP contribution in [-0.4, -0.2) is 24.2 Å². The lowest BCUT2D eigenvalue weighted by molar-refractivity contribution is -0.139. The van der Waals surface area contributed by atoms with E-state index in [1.807, 2.05) is 30.9 Å². The monoisotopic (exact) mass is 563 g/mol. The van der Waals surface area contributed by atoms with E-state index in [0.717, 1.165) is 42.7 Å². The van der Waals surface area contributed by atoms with Crippen LogP contribution in [0.15, 0.2) is 66.7 Å². The maximum Gasteiger partial charge on any atom is 0.416 e. The smallest absolute Gasteiger partial charge is 0.416 e. The van der Waals surface area contributed by atoms with Crippen LogP contribution in [0.2, 0.25) is 0 Å². The first kappa shape index (κ1) is 29.5. The number of halogens is 6. The van der Waals surface area contributed by atoms with Gasteiger partial charge in [0.1, 0.15) is 0 Å². The van der Waals surface area contributed by atoms with Crippen molar-refractivity contribution in [2.45, 2.75) is 57.3 Å². The average Bonchev–Trinajstić information content (AvgIpc) is 2.90. The molecule has 1 fully saturated rings. The molecule has 0 spiro atoms. The molecule has 0 radical (unpaired) electrons. The molecule has 1 aliphatic heterocycles. The molecule has 4 rings (SSSR count). The van der Waals surface area contributed by atoms with E-state index in [-0.39, 0.29) is 11.8 Å². The lowest BCUT2D eigenvalue weighted by Crippen LogP contribution is -2.34. The van der Waals surface area contributed by atoms with Crippen LogP contribution in [0.4, 0.5) is 32.0 Å². The van der Waals surface area contributed by atoms with Crippen LogP contribution in [0.3, 0.4) is 0 Å². The van der Waals surface area contributed by atoms with E-state index in [1.165, 1.54) is 24.3 Å². The lowest BCUT2D eigenvalue weighted by Gasteiger charge is -2.35. The van der Waals surface area contributed by atoms with Gasteiger partial charge in [0.2, 0.25) is 0 Å². The van der Waals surface area contributed by atoms with Crippen molar-refractivity contribution < 1.29 is 36.2 Å². The normalized spacial score (nSPS) is 17.2. The highest BCUT2D eigenvalue weighted by Crippen LogP contribution is 2.38. The van der Waals surface area contributed by atoms with E-state index in [1.54, 1.807) is 6.07 Å². The third-order valence-corrected chi connectivity index (χ3v) is 7.38. The summed E-state index contributed by atoms with van der Waals surface area (Å²) >= 11 is 0. The summed E-state index contributed by atoms with van der Waals surface area (Å²) < 4.78 is 78.5. The largest absolute Gasteiger partial charge is 0.481 e. The van der Waals surface area contributed by atoms with Crippen LogP contribution in [0.5, 0.6) is 0 Å². The number of benzene rings is 3. The fourth-order valence-corrected chi connectivity index (χ4v) is 5.33.